The van der Waals surface area contributed by atoms with E-state index in [2.05, 4.69) is 32.5 Å². The van der Waals surface area contributed by atoms with Crippen LogP contribution in [0.3, 0.4) is 0 Å². The number of aromatic nitrogens is 3. The van der Waals surface area contributed by atoms with E-state index < -0.39 is 5.82 Å². The normalized spacial score (nSPS) is 16.1. The van der Waals surface area contributed by atoms with E-state index >= 15 is 0 Å². The second kappa shape index (κ2) is 11.2. The number of nitrogens with two attached hydrogens (primary N) is 1. The third-order valence-corrected chi connectivity index (χ3v) is 6.17. The highest BCUT2D eigenvalue weighted by molar-refractivity contribution is 5.61. The van der Waals surface area contributed by atoms with Crippen LogP contribution in [0.5, 0.6) is 11.5 Å². The summed E-state index contributed by atoms with van der Waals surface area (Å²) in [5, 5.41) is 6.95. The van der Waals surface area contributed by atoms with Crippen molar-refractivity contribution in [2.75, 3.05) is 36.7 Å². The van der Waals surface area contributed by atoms with Crippen LogP contribution in [0.1, 0.15) is 31.7 Å². The zero-order chi connectivity index (χ0) is 24.8. The van der Waals surface area contributed by atoms with Crippen LogP contribution in [0, 0.1) is 5.82 Å². The van der Waals surface area contributed by atoms with E-state index in [0.29, 0.717) is 30.2 Å². The molecule has 3 aromatic rings. The van der Waals surface area contributed by atoms with Crippen LogP contribution in [0.2, 0.25) is 0 Å². The molecule has 0 aliphatic carbocycles. The molecule has 2 heterocycles. The molecular formula is C25H32FN7O2. The lowest BCUT2D eigenvalue weighted by molar-refractivity contribution is 0.386. The SMILES string of the molecule is CCC(Nc1nc(N)nc(N(Cc2ccc(OC)cc2)c2ccc(OC)c(F)c2)n1)C1CCCN1. The summed E-state index contributed by atoms with van der Waals surface area (Å²) in [6, 6.07) is 12.8. The number of benzene rings is 2. The molecule has 10 heteroatoms. The molecule has 2 atom stereocenters. The van der Waals surface area contributed by atoms with Crippen LogP contribution in [0.15, 0.2) is 42.5 Å². The molecule has 0 bridgehead atoms. The summed E-state index contributed by atoms with van der Waals surface area (Å²) < 4.78 is 25.0. The van der Waals surface area contributed by atoms with E-state index in [-0.39, 0.29) is 17.7 Å². The number of methoxy groups -OCH3 is 2. The summed E-state index contributed by atoms with van der Waals surface area (Å²) in [5.41, 5.74) is 7.61. The van der Waals surface area contributed by atoms with E-state index in [1.54, 1.807) is 24.1 Å². The first-order chi connectivity index (χ1) is 17.0. The molecule has 0 radical (unpaired) electrons. The molecule has 1 fully saturated rings. The summed E-state index contributed by atoms with van der Waals surface area (Å²) in [4.78, 5) is 15.2. The van der Waals surface area contributed by atoms with Gasteiger partial charge in [0.25, 0.3) is 0 Å². The standard InChI is InChI=1S/C25H32FN7O2/c1-4-20(21-6-5-13-28-21)29-24-30-23(27)31-25(32-24)33(15-16-7-10-18(34-2)11-8-16)17-9-12-22(35-3)19(26)14-17/h7-12,14,20-21,28H,4-6,13,15H2,1-3H3,(H3,27,29,30,31,32). The van der Waals surface area contributed by atoms with Gasteiger partial charge in [-0.15, -0.1) is 0 Å². The van der Waals surface area contributed by atoms with Gasteiger partial charge in [0.05, 0.1) is 20.8 Å². The number of ether oxygens (including phenoxy) is 2. The molecule has 1 aromatic heterocycles. The van der Waals surface area contributed by atoms with Crippen molar-refractivity contribution in [1.29, 1.82) is 0 Å². The molecule has 0 spiro atoms. The van der Waals surface area contributed by atoms with Crippen molar-refractivity contribution in [1.82, 2.24) is 20.3 Å². The lowest BCUT2D eigenvalue weighted by Crippen LogP contribution is -2.40. The van der Waals surface area contributed by atoms with Gasteiger partial charge in [0, 0.05) is 23.8 Å². The lowest BCUT2D eigenvalue weighted by atomic mass is 10.0. The molecule has 1 aliphatic heterocycles. The summed E-state index contributed by atoms with van der Waals surface area (Å²) in [6.45, 7) is 3.51. The minimum Gasteiger partial charge on any atom is -0.497 e. The molecule has 1 aliphatic rings. The molecule has 2 unspecified atom stereocenters. The fourth-order valence-electron chi connectivity index (χ4n) is 4.29. The third kappa shape index (κ3) is 5.89. The Labute approximate surface area is 204 Å². The first-order valence-electron chi connectivity index (χ1n) is 11.8. The predicted octanol–water partition coefficient (Wildman–Crippen LogP) is 3.89. The van der Waals surface area contributed by atoms with Gasteiger partial charge in [0.1, 0.15) is 5.75 Å². The molecule has 9 nitrogen and oxygen atoms in total. The number of nitrogen functional groups attached to an aromatic ring is 1. The van der Waals surface area contributed by atoms with E-state index in [1.807, 2.05) is 24.3 Å². The zero-order valence-electron chi connectivity index (χ0n) is 20.3. The average Bonchev–Trinajstić information content (AvgIpc) is 3.40. The number of hydrogen-bond donors (Lipinski definition) is 3. The lowest BCUT2D eigenvalue weighted by Gasteiger charge is -2.26. The second-order valence-electron chi connectivity index (χ2n) is 8.43. The third-order valence-electron chi connectivity index (χ3n) is 6.17. The van der Waals surface area contributed by atoms with Crippen molar-refractivity contribution in [3.05, 3.63) is 53.8 Å². The van der Waals surface area contributed by atoms with Crippen molar-refractivity contribution in [3.63, 3.8) is 0 Å². The van der Waals surface area contributed by atoms with Gasteiger partial charge in [-0.3, -0.25) is 0 Å². The Hall–Kier alpha value is -3.66. The van der Waals surface area contributed by atoms with E-state index in [9.17, 15) is 4.39 Å². The van der Waals surface area contributed by atoms with Crippen LogP contribution >= 0.6 is 0 Å². The number of nitrogens with one attached hydrogen (secondary N) is 2. The molecule has 0 amide bonds. The molecule has 0 saturated carbocycles. The molecular weight excluding hydrogens is 449 g/mol. The summed E-state index contributed by atoms with van der Waals surface area (Å²) in [7, 11) is 3.05. The minimum absolute atomic E-state index is 0.0837. The van der Waals surface area contributed by atoms with Gasteiger partial charge >= 0.3 is 0 Å². The first kappa shape index (κ1) is 24.5. The molecule has 186 valence electrons. The van der Waals surface area contributed by atoms with Crippen molar-refractivity contribution in [3.8, 4) is 11.5 Å². The Bertz CT molecular complexity index is 1120. The van der Waals surface area contributed by atoms with Gasteiger partial charge in [-0.2, -0.15) is 15.0 Å². The van der Waals surface area contributed by atoms with Gasteiger partial charge in [-0.25, -0.2) is 4.39 Å². The van der Waals surface area contributed by atoms with Gasteiger partial charge < -0.3 is 30.7 Å². The van der Waals surface area contributed by atoms with E-state index in [4.69, 9.17) is 15.2 Å². The van der Waals surface area contributed by atoms with Crippen LogP contribution in [-0.4, -0.2) is 47.8 Å². The molecule has 1 saturated heterocycles. The Morgan fingerprint density at radius 2 is 1.94 bits per heavy atom. The van der Waals surface area contributed by atoms with Gasteiger partial charge in [-0.05, 0) is 55.6 Å². The van der Waals surface area contributed by atoms with E-state index in [0.717, 1.165) is 37.1 Å². The maximum absolute atomic E-state index is 14.6. The smallest absolute Gasteiger partial charge is 0.236 e. The summed E-state index contributed by atoms with van der Waals surface area (Å²) in [6.07, 6.45) is 3.14. The van der Waals surface area contributed by atoms with Crippen molar-refractivity contribution >= 4 is 23.5 Å². The average molecular weight is 482 g/mol. The molecule has 4 rings (SSSR count). The fourth-order valence-corrected chi connectivity index (χ4v) is 4.29. The Morgan fingerprint density at radius 3 is 2.57 bits per heavy atom. The van der Waals surface area contributed by atoms with Gasteiger partial charge in [0.15, 0.2) is 11.6 Å². The number of anilines is 4. The Morgan fingerprint density at radius 1 is 1.14 bits per heavy atom. The van der Waals surface area contributed by atoms with Crippen LogP contribution in [0.25, 0.3) is 0 Å². The van der Waals surface area contributed by atoms with Crippen molar-refractivity contribution in [2.24, 2.45) is 0 Å². The van der Waals surface area contributed by atoms with Crippen LogP contribution in [0.4, 0.5) is 27.9 Å². The highest BCUT2D eigenvalue weighted by atomic mass is 19.1. The molecule has 4 N–H and O–H groups in total. The topological polar surface area (TPSA) is 110 Å². The van der Waals surface area contributed by atoms with Crippen LogP contribution < -0.4 is 30.7 Å². The van der Waals surface area contributed by atoms with Gasteiger partial charge in [-0.1, -0.05) is 19.1 Å². The number of hydrogen-bond acceptors (Lipinski definition) is 9. The molecule has 35 heavy (non-hydrogen) atoms. The largest absolute Gasteiger partial charge is 0.497 e. The second-order valence-corrected chi connectivity index (χ2v) is 8.43. The maximum atomic E-state index is 14.6. The van der Waals surface area contributed by atoms with Gasteiger partial charge in [0.2, 0.25) is 17.8 Å². The highest BCUT2D eigenvalue weighted by Gasteiger charge is 2.25. The zero-order valence-corrected chi connectivity index (χ0v) is 20.3. The van der Waals surface area contributed by atoms with Crippen molar-refractivity contribution in [2.45, 2.75) is 44.8 Å². The number of rotatable bonds is 10. The maximum Gasteiger partial charge on any atom is 0.236 e. The fraction of sp³-hybridized carbons (Fsp3) is 0.400. The summed E-state index contributed by atoms with van der Waals surface area (Å²) >= 11 is 0. The van der Waals surface area contributed by atoms with E-state index in [1.165, 1.54) is 13.2 Å². The number of halogens is 1. The number of nitrogens with zero attached hydrogens (tertiary/aromatic N) is 4. The van der Waals surface area contributed by atoms with Crippen LogP contribution in [-0.2, 0) is 6.54 Å². The van der Waals surface area contributed by atoms with Crippen molar-refractivity contribution < 1.29 is 13.9 Å². The Balaban J connectivity index is 1.69. The minimum atomic E-state index is -0.483. The monoisotopic (exact) mass is 481 g/mol. The highest BCUT2D eigenvalue weighted by Crippen LogP contribution is 2.30. The molecule has 2 aromatic carbocycles. The quantitative estimate of drug-likeness (QED) is 0.397. The predicted molar refractivity (Wildman–Crippen MR) is 135 cm³/mol. The Kier molecular flexibility index (Phi) is 7.81. The first-order valence-corrected chi connectivity index (χ1v) is 11.8. The summed E-state index contributed by atoms with van der Waals surface area (Å²) in [5.74, 6) is 1.21.